The van der Waals surface area contributed by atoms with Gasteiger partial charge in [-0.25, -0.2) is 0 Å². The largest absolute Gasteiger partial charge is 0.394 e. The third-order valence-electron chi connectivity index (χ3n) is 3.89. The lowest BCUT2D eigenvalue weighted by atomic mass is 10.0. The molecule has 2 rings (SSSR count). The van der Waals surface area contributed by atoms with Crippen molar-refractivity contribution in [2.75, 3.05) is 6.61 Å². The van der Waals surface area contributed by atoms with E-state index in [1.807, 2.05) is 49.6 Å². The van der Waals surface area contributed by atoms with Gasteiger partial charge in [0.2, 0.25) is 5.91 Å². The molecule has 1 unspecified atom stereocenters. The van der Waals surface area contributed by atoms with Gasteiger partial charge in [0.15, 0.2) is 0 Å². The van der Waals surface area contributed by atoms with Crippen LogP contribution in [0.25, 0.3) is 10.9 Å². The molecule has 2 N–H and O–H groups in total. The number of benzene rings is 1. The molecule has 1 aromatic carbocycles. The zero-order chi connectivity index (χ0) is 14.8. The van der Waals surface area contributed by atoms with E-state index in [9.17, 15) is 9.90 Å². The van der Waals surface area contributed by atoms with Crippen LogP contribution in [0, 0.1) is 6.92 Å². The topological polar surface area (TPSA) is 54.3 Å². The maximum atomic E-state index is 12.2. The van der Waals surface area contributed by atoms with E-state index in [0.29, 0.717) is 6.42 Å². The number of fused-ring (bicyclic) bond motifs is 1. The van der Waals surface area contributed by atoms with Crippen LogP contribution in [-0.4, -0.2) is 27.7 Å². The zero-order valence-corrected chi connectivity index (χ0v) is 12.3. The number of nitrogens with one attached hydrogen (secondary N) is 1. The van der Waals surface area contributed by atoms with Gasteiger partial charge in [0, 0.05) is 11.2 Å². The Kier molecular flexibility index (Phi) is 4.14. The van der Waals surface area contributed by atoms with E-state index in [1.165, 1.54) is 0 Å². The average molecular weight is 274 g/mol. The molecule has 0 saturated carbocycles. The first-order valence-corrected chi connectivity index (χ1v) is 6.96. The van der Waals surface area contributed by atoms with Crippen LogP contribution in [0.3, 0.4) is 0 Å². The summed E-state index contributed by atoms with van der Waals surface area (Å²) in [5, 5.41) is 13.4. The second-order valence-electron chi connectivity index (χ2n) is 5.55. The van der Waals surface area contributed by atoms with E-state index in [1.54, 1.807) is 0 Å². The van der Waals surface area contributed by atoms with Gasteiger partial charge in [-0.05, 0) is 37.8 Å². The highest BCUT2D eigenvalue weighted by Gasteiger charge is 2.23. The first-order chi connectivity index (χ1) is 9.49. The number of aryl methyl sites for hydroxylation is 1. The van der Waals surface area contributed by atoms with Crippen molar-refractivity contribution in [1.82, 2.24) is 9.88 Å². The predicted molar refractivity (Wildman–Crippen MR) is 80.6 cm³/mol. The van der Waals surface area contributed by atoms with Crippen molar-refractivity contribution in [2.24, 2.45) is 0 Å². The van der Waals surface area contributed by atoms with Crippen LogP contribution in [-0.2, 0) is 11.3 Å². The zero-order valence-electron chi connectivity index (χ0n) is 12.3. The number of aliphatic hydroxyl groups is 1. The molecular weight excluding hydrogens is 252 g/mol. The summed E-state index contributed by atoms with van der Waals surface area (Å²) in [5.41, 5.74) is 1.57. The van der Waals surface area contributed by atoms with Crippen LogP contribution in [0.2, 0.25) is 0 Å². The molecule has 0 saturated heterocycles. The second-order valence-corrected chi connectivity index (χ2v) is 5.55. The molecule has 0 aliphatic heterocycles. The van der Waals surface area contributed by atoms with Crippen LogP contribution in [0.4, 0.5) is 0 Å². The Morgan fingerprint density at radius 3 is 2.75 bits per heavy atom. The van der Waals surface area contributed by atoms with E-state index in [-0.39, 0.29) is 19.1 Å². The Labute approximate surface area is 119 Å². The Hall–Kier alpha value is -1.81. The summed E-state index contributed by atoms with van der Waals surface area (Å²) in [5.74, 6) is -0.0761. The molecule has 2 aromatic rings. The summed E-state index contributed by atoms with van der Waals surface area (Å²) in [4.78, 5) is 12.2. The predicted octanol–water partition coefficient (Wildman–Crippen LogP) is 2.23. The minimum atomic E-state index is -0.548. The fraction of sp³-hybridized carbons (Fsp3) is 0.438. The highest BCUT2D eigenvalue weighted by atomic mass is 16.3. The third kappa shape index (κ3) is 2.85. The number of para-hydroxylation sites is 1. The van der Waals surface area contributed by atoms with E-state index in [2.05, 4.69) is 11.4 Å². The fourth-order valence-corrected chi connectivity index (χ4v) is 2.32. The van der Waals surface area contributed by atoms with Crippen LogP contribution >= 0.6 is 0 Å². The van der Waals surface area contributed by atoms with Crippen LogP contribution < -0.4 is 5.32 Å². The van der Waals surface area contributed by atoms with Crippen molar-refractivity contribution in [2.45, 2.75) is 39.3 Å². The van der Waals surface area contributed by atoms with Crippen molar-refractivity contribution in [3.05, 3.63) is 36.0 Å². The summed E-state index contributed by atoms with van der Waals surface area (Å²) in [6.45, 7) is 6.02. The smallest absolute Gasteiger partial charge is 0.240 e. The first kappa shape index (κ1) is 14.6. The molecule has 1 aromatic heterocycles. The molecule has 1 atom stereocenters. The molecular formula is C16H22N2O2. The maximum absolute atomic E-state index is 12.2. The molecule has 0 aliphatic rings. The molecule has 4 heteroatoms. The normalized spacial score (nSPS) is 14.2. The number of carbonyl (C=O) groups is 1. The van der Waals surface area contributed by atoms with Gasteiger partial charge in [0.1, 0.15) is 6.54 Å². The Morgan fingerprint density at radius 2 is 2.10 bits per heavy atom. The van der Waals surface area contributed by atoms with Crippen molar-refractivity contribution >= 4 is 16.8 Å². The fourth-order valence-electron chi connectivity index (χ4n) is 2.32. The monoisotopic (exact) mass is 274 g/mol. The Morgan fingerprint density at radius 1 is 1.40 bits per heavy atom. The molecule has 0 bridgehead atoms. The molecule has 0 radical (unpaired) electrons. The van der Waals surface area contributed by atoms with Gasteiger partial charge in [-0.2, -0.15) is 0 Å². The van der Waals surface area contributed by atoms with Gasteiger partial charge in [-0.3, -0.25) is 4.79 Å². The van der Waals surface area contributed by atoms with E-state index in [4.69, 9.17) is 0 Å². The Bertz CT molecular complexity index is 612. The quantitative estimate of drug-likeness (QED) is 0.878. The van der Waals surface area contributed by atoms with Crippen molar-refractivity contribution < 1.29 is 9.90 Å². The Balaban J connectivity index is 2.20. The van der Waals surface area contributed by atoms with Crippen LogP contribution in [0.1, 0.15) is 26.0 Å². The van der Waals surface area contributed by atoms with Crippen LogP contribution in [0.5, 0.6) is 0 Å². The van der Waals surface area contributed by atoms with Crippen molar-refractivity contribution in [1.29, 1.82) is 0 Å². The second kappa shape index (κ2) is 5.67. The van der Waals surface area contributed by atoms with E-state index >= 15 is 0 Å². The maximum Gasteiger partial charge on any atom is 0.240 e. The lowest BCUT2D eigenvalue weighted by Gasteiger charge is -2.27. The average Bonchev–Trinajstić information content (AvgIpc) is 2.75. The number of hydrogen-bond acceptors (Lipinski definition) is 2. The number of aliphatic hydroxyl groups excluding tert-OH is 1. The molecule has 20 heavy (non-hydrogen) atoms. The van der Waals surface area contributed by atoms with Gasteiger partial charge in [-0.1, -0.05) is 25.1 Å². The molecule has 4 nitrogen and oxygen atoms in total. The number of rotatable bonds is 5. The standard InChI is InChI=1S/C16H22N2O2/c1-4-16(3,11-19)17-15(20)10-18-12(2)9-13-7-5-6-8-14(13)18/h5-9,19H,4,10-11H2,1-3H3,(H,17,20). The minimum Gasteiger partial charge on any atom is -0.394 e. The van der Waals surface area contributed by atoms with E-state index < -0.39 is 5.54 Å². The molecule has 0 spiro atoms. The van der Waals surface area contributed by atoms with Gasteiger partial charge in [0.25, 0.3) is 0 Å². The minimum absolute atomic E-state index is 0.0549. The number of aromatic nitrogens is 1. The summed E-state index contributed by atoms with van der Waals surface area (Å²) in [6.07, 6.45) is 0.695. The molecule has 1 heterocycles. The van der Waals surface area contributed by atoms with Gasteiger partial charge in [0.05, 0.1) is 12.1 Å². The lowest BCUT2D eigenvalue weighted by Crippen LogP contribution is -2.49. The van der Waals surface area contributed by atoms with Crippen LogP contribution in [0.15, 0.2) is 30.3 Å². The molecule has 0 fully saturated rings. The third-order valence-corrected chi connectivity index (χ3v) is 3.89. The number of carbonyl (C=O) groups excluding carboxylic acids is 1. The highest BCUT2D eigenvalue weighted by Crippen LogP contribution is 2.19. The van der Waals surface area contributed by atoms with E-state index in [0.717, 1.165) is 16.6 Å². The molecule has 108 valence electrons. The summed E-state index contributed by atoms with van der Waals surface area (Å²) in [6, 6.07) is 10.1. The highest BCUT2D eigenvalue weighted by molar-refractivity contribution is 5.84. The summed E-state index contributed by atoms with van der Waals surface area (Å²) >= 11 is 0. The first-order valence-electron chi connectivity index (χ1n) is 6.96. The number of hydrogen-bond donors (Lipinski definition) is 2. The van der Waals surface area contributed by atoms with Crippen molar-refractivity contribution in [3.63, 3.8) is 0 Å². The van der Waals surface area contributed by atoms with Gasteiger partial charge in [-0.15, -0.1) is 0 Å². The SMILES string of the molecule is CCC(C)(CO)NC(=O)Cn1c(C)cc2ccccc21. The van der Waals surface area contributed by atoms with Gasteiger partial charge < -0.3 is 15.0 Å². The van der Waals surface area contributed by atoms with Gasteiger partial charge >= 0.3 is 0 Å². The summed E-state index contributed by atoms with van der Waals surface area (Å²) in [7, 11) is 0. The summed E-state index contributed by atoms with van der Waals surface area (Å²) < 4.78 is 2.00. The number of nitrogens with zero attached hydrogens (tertiary/aromatic N) is 1. The lowest BCUT2D eigenvalue weighted by molar-refractivity contribution is -0.124. The molecule has 1 amide bonds. The molecule has 0 aliphatic carbocycles. The number of amides is 1. The van der Waals surface area contributed by atoms with Crippen molar-refractivity contribution in [3.8, 4) is 0 Å².